The van der Waals surface area contributed by atoms with Crippen LogP contribution in [0.2, 0.25) is 0 Å². The van der Waals surface area contributed by atoms with E-state index in [-0.39, 0.29) is 17.1 Å². The number of carbonyl (C=O) groups excluding carboxylic acids is 3. The molecular formula is C20H17BrN2O5. The van der Waals surface area contributed by atoms with Gasteiger partial charge in [-0.25, -0.2) is 9.69 Å². The lowest BCUT2D eigenvalue weighted by molar-refractivity contribution is -0.122. The van der Waals surface area contributed by atoms with Crippen LogP contribution in [-0.2, 0) is 9.59 Å². The van der Waals surface area contributed by atoms with Crippen molar-refractivity contribution in [2.24, 2.45) is 0 Å². The van der Waals surface area contributed by atoms with E-state index in [9.17, 15) is 19.5 Å². The zero-order valence-corrected chi connectivity index (χ0v) is 16.7. The number of imide groups is 2. The molecule has 0 saturated carbocycles. The number of carbonyl (C=O) groups is 3. The van der Waals surface area contributed by atoms with Crippen molar-refractivity contribution >= 4 is 45.5 Å². The standard InChI is InChI=1S/C20H17BrN2O5/c1-3-28-17-9-12(14(21)10-16(17)24)8-13-18(25)22-20(27)23(19(13)26)15-7-5-4-6-11(15)2/h4-10,24H,3H2,1-2H3,(H,22,25,27)/b13-8+. The van der Waals surface area contributed by atoms with Crippen LogP contribution in [-0.4, -0.2) is 29.6 Å². The second-order valence-electron chi connectivity index (χ2n) is 6.02. The monoisotopic (exact) mass is 444 g/mol. The number of hydrogen-bond acceptors (Lipinski definition) is 5. The molecule has 144 valence electrons. The normalized spacial score (nSPS) is 15.8. The molecular weight excluding hydrogens is 428 g/mol. The molecule has 0 atom stereocenters. The number of amides is 4. The number of para-hydroxylation sites is 1. The molecule has 1 fully saturated rings. The molecule has 0 aliphatic carbocycles. The fraction of sp³-hybridized carbons (Fsp3) is 0.150. The summed E-state index contributed by atoms with van der Waals surface area (Å²) in [5.74, 6) is -1.39. The second kappa shape index (κ2) is 7.85. The lowest BCUT2D eigenvalue weighted by Gasteiger charge is -2.27. The highest BCUT2D eigenvalue weighted by Gasteiger charge is 2.37. The van der Waals surface area contributed by atoms with E-state index in [4.69, 9.17) is 4.74 Å². The number of nitrogens with one attached hydrogen (secondary N) is 1. The number of aryl methyl sites for hydroxylation is 1. The van der Waals surface area contributed by atoms with Gasteiger partial charge in [-0.15, -0.1) is 0 Å². The maximum absolute atomic E-state index is 13.0. The Labute approximate surface area is 169 Å². The van der Waals surface area contributed by atoms with Crippen molar-refractivity contribution in [3.8, 4) is 11.5 Å². The number of ether oxygens (including phenoxy) is 1. The number of halogens is 1. The summed E-state index contributed by atoms with van der Waals surface area (Å²) in [7, 11) is 0. The minimum atomic E-state index is -0.804. The number of urea groups is 1. The number of hydrogen-bond donors (Lipinski definition) is 2. The fourth-order valence-electron chi connectivity index (χ4n) is 2.79. The predicted molar refractivity (Wildman–Crippen MR) is 107 cm³/mol. The second-order valence-corrected chi connectivity index (χ2v) is 6.87. The number of benzene rings is 2. The maximum Gasteiger partial charge on any atom is 0.335 e. The lowest BCUT2D eigenvalue weighted by Crippen LogP contribution is -2.54. The van der Waals surface area contributed by atoms with E-state index >= 15 is 0 Å². The Kier molecular flexibility index (Phi) is 5.51. The topological polar surface area (TPSA) is 95.9 Å². The smallest absolute Gasteiger partial charge is 0.335 e. The highest BCUT2D eigenvalue weighted by atomic mass is 79.9. The number of barbiturate groups is 1. The largest absolute Gasteiger partial charge is 0.504 e. The predicted octanol–water partition coefficient (Wildman–Crippen LogP) is 3.53. The van der Waals surface area contributed by atoms with Gasteiger partial charge in [0.25, 0.3) is 11.8 Å². The molecule has 0 spiro atoms. The van der Waals surface area contributed by atoms with Gasteiger partial charge in [-0.1, -0.05) is 34.1 Å². The Morgan fingerprint density at radius 1 is 1.21 bits per heavy atom. The Balaban J connectivity index is 2.07. The Morgan fingerprint density at radius 2 is 1.93 bits per heavy atom. The average molecular weight is 445 g/mol. The summed E-state index contributed by atoms with van der Waals surface area (Å²) in [5, 5.41) is 12.1. The van der Waals surface area contributed by atoms with E-state index in [1.807, 2.05) is 0 Å². The number of aromatic hydroxyl groups is 1. The van der Waals surface area contributed by atoms with Crippen molar-refractivity contribution in [3.05, 3.63) is 57.6 Å². The van der Waals surface area contributed by atoms with Crippen molar-refractivity contribution in [2.75, 3.05) is 11.5 Å². The average Bonchev–Trinajstić information content (AvgIpc) is 2.63. The fourth-order valence-corrected chi connectivity index (χ4v) is 3.23. The zero-order valence-electron chi connectivity index (χ0n) is 15.2. The summed E-state index contributed by atoms with van der Waals surface area (Å²) < 4.78 is 5.81. The summed E-state index contributed by atoms with van der Waals surface area (Å²) in [6.07, 6.45) is 1.35. The summed E-state index contributed by atoms with van der Waals surface area (Å²) in [4.78, 5) is 38.5. The quantitative estimate of drug-likeness (QED) is 0.555. The highest BCUT2D eigenvalue weighted by Crippen LogP contribution is 2.34. The third-order valence-electron chi connectivity index (χ3n) is 4.14. The highest BCUT2D eigenvalue weighted by molar-refractivity contribution is 9.10. The van der Waals surface area contributed by atoms with Crippen LogP contribution in [0.1, 0.15) is 18.1 Å². The molecule has 0 radical (unpaired) electrons. The van der Waals surface area contributed by atoms with Gasteiger partial charge >= 0.3 is 6.03 Å². The molecule has 1 aliphatic rings. The van der Waals surface area contributed by atoms with Crippen LogP contribution in [0.15, 0.2) is 46.4 Å². The van der Waals surface area contributed by atoms with Gasteiger partial charge in [0.1, 0.15) is 5.57 Å². The van der Waals surface area contributed by atoms with Crippen molar-refractivity contribution in [2.45, 2.75) is 13.8 Å². The maximum atomic E-state index is 13.0. The number of anilines is 1. The van der Waals surface area contributed by atoms with Gasteiger partial charge in [0.15, 0.2) is 11.5 Å². The van der Waals surface area contributed by atoms with Gasteiger partial charge in [-0.2, -0.15) is 0 Å². The lowest BCUT2D eigenvalue weighted by atomic mass is 10.1. The van der Waals surface area contributed by atoms with Crippen LogP contribution in [0, 0.1) is 6.92 Å². The molecule has 2 aromatic carbocycles. The summed E-state index contributed by atoms with van der Waals surface area (Å²) >= 11 is 3.30. The van der Waals surface area contributed by atoms with E-state index in [0.29, 0.717) is 27.9 Å². The van der Waals surface area contributed by atoms with Crippen LogP contribution >= 0.6 is 15.9 Å². The molecule has 7 nitrogen and oxygen atoms in total. The molecule has 0 aromatic heterocycles. The van der Waals surface area contributed by atoms with E-state index in [2.05, 4.69) is 21.2 Å². The number of phenolic OH excluding ortho intramolecular Hbond substituents is 1. The SMILES string of the molecule is CCOc1cc(/C=C2\C(=O)NC(=O)N(c3ccccc3C)C2=O)c(Br)cc1O. The van der Waals surface area contributed by atoms with Gasteiger partial charge in [0, 0.05) is 4.47 Å². The van der Waals surface area contributed by atoms with Crippen molar-refractivity contribution < 1.29 is 24.2 Å². The van der Waals surface area contributed by atoms with Gasteiger partial charge in [0.05, 0.1) is 12.3 Å². The molecule has 2 N–H and O–H groups in total. The first-order chi connectivity index (χ1) is 13.3. The third-order valence-corrected chi connectivity index (χ3v) is 4.82. The summed E-state index contributed by atoms with van der Waals surface area (Å²) in [6.45, 7) is 3.87. The third kappa shape index (κ3) is 3.63. The van der Waals surface area contributed by atoms with Crippen LogP contribution in [0.4, 0.5) is 10.5 Å². The molecule has 8 heteroatoms. The van der Waals surface area contributed by atoms with E-state index < -0.39 is 17.8 Å². The van der Waals surface area contributed by atoms with Crippen LogP contribution in [0.5, 0.6) is 11.5 Å². The molecule has 4 amide bonds. The van der Waals surface area contributed by atoms with Gasteiger partial charge < -0.3 is 9.84 Å². The zero-order chi connectivity index (χ0) is 20.4. The first-order valence-corrected chi connectivity index (χ1v) is 9.25. The Hall–Kier alpha value is -3.13. The molecule has 0 bridgehead atoms. The van der Waals surface area contributed by atoms with Gasteiger partial charge in [0.2, 0.25) is 0 Å². The van der Waals surface area contributed by atoms with Gasteiger partial charge in [-0.3, -0.25) is 14.9 Å². The van der Waals surface area contributed by atoms with E-state index in [1.165, 1.54) is 18.2 Å². The molecule has 2 aromatic rings. The minimum absolute atomic E-state index is 0.0768. The molecule has 1 aliphatic heterocycles. The first-order valence-electron chi connectivity index (χ1n) is 8.46. The first kappa shape index (κ1) is 19.6. The Morgan fingerprint density at radius 3 is 2.61 bits per heavy atom. The Bertz CT molecular complexity index is 1020. The van der Waals surface area contributed by atoms with E-state index in [0.717, 1.165) is 4.90 Å². The van der Waals surface area contributed by atoms with Crippen LogP contribution < -0.4 is 15.0 Å². The molecule has 28 heavy (non-hydrogen) atoms. The van der Waals surface area contributed by atoms with Crippen molar-refractivity contribution in [1.82, 2.24) is 5.32 Å². The number of nitrogens with zero attached hydrogens (tertiary/aromatic N) is 1. The number of phenols is 1. The van der Waals surface area contributed by atoms with Crippen molar-refractivity contribution in [1.29, 1.82) is 0 Å². The van der Waals surface area contributed by atoms with Crippen LogP contribution in [0.25, 0.3) is 6.08 Å². The molecule has 1 heterocycles. The summed E-state index contributed by atoms with van der Waals surface area (Å²) in [6, 6.07) is 8.99. The summed E-state index contributed by atoms with van der Waals surface area (Å²) in [5.41, 5.74) is 1.34. The molecule has 1 saturated heterocycles. The van der Waals surface area contributed by atoms with E-state index in [1.54, 1.807) is 38.1 Å². The number of rotatable bonds is 4. The molecule has 3 rings (SSSR count). The molecule has 0 unspecified atom stereocenters. The van der Waals surface area contributed by atoms with Gasteiger partial charge in [-0.05, 0) is 49.2 Å². The van der Waals surface area contributed by atoms with Crippen molar-refractivity contribution in [3.63, 3.8) is 0 Å². The van der Waals surface area contributed by atoms with Crippen LogP contribution in [0.3, 0.4) is 0 Å². The minimum Gasteiger partial charge on any atom is -0.504 e.